The Labute approximate surface area is 163 Å². The molecule has 2 aromatic rings. The maximum Gasteiger partial charge on any atom is 0.307 e. The van der Waals surface area contributed by atoms with Gasteiger partial charge in [-0.2, -0.15) is 0 Å². The number of halogens is 1. The molecule has 1 N–H and O–H groups in total. The molecule has 2 aliphatic rings. The summed E-state index contributed by atoms with van der Waals surface area (Å²) in [5.41, 5.74) is 1.85. The number of Topliss-reactive ketones (excluding diaryl/α,β-unsaturated/α-hetero) is 1. The highest BCUT2D eigenvalue weighted by Gasteiger charge is 2.39. The molecule has 0 aliphatic heterocycles. The minimum Gasteiger partial charge on any atom is -0.489 e. The number of carbonyl (C=O) groups excluding carboxylic acids is 1. The molecule has 5 heteroatoms. The van der Waals surface area contributed by atoms with E-state index in [4.69, 9.17) is 4.74 Å². The molecule has 2 atom stereocenters. The van der Waals surface area contributed by atoms with Gasteiger partial charge in [0.15, 0.2) is 5.78 Å². The first-order chi connectivity index (χ1) is 13.5. The molecule has 4 nitrogen and oxygen atoms in total. The third-order valence-electron chi connectivity index (χ3n) is 5.79. The number of ketones is 1. The zero-order valence-electron chi connectivity index (χ0n) is 15.6. The van der Waals surface area contributed by atoms with Crippen LogP contribution in [0, 0.1) is 17.7 Å². The first kappa shape index (κ1) is 18.7. The van der Waals surface area contributed by atoms with Gasteiger partial charge in [0.05, 0.1) is 11.5 Å². The molecule has 0 spiro atoms. The number of rotatable bonds is 7. The van der Waals surface area contributed by atoms with E-state index >= 15 is 0 Å². The second kappa shape index (κ2) is 7.74. The monoisotopic (exact) mass is 382 g/mol. The van der Waals surface area contributed by atoms with E-state index in [2.05, 4.69) is 0 Å². The molecule has 2 aliphatic carbocycles. The predicted octanol–water partition coefficient (Wildman–Crippen LogP) is 4.97. The van der Waals surface area contributed by atoms with Gasteiger partial charge >= 0.3 is 5.97 Å². The van der Waals surface area contributed by atoms with Crippen molar-refractivity contribution in [3.63, 3.8) is 0 Å². The van der Waals surface area contributed by atoms with E-state index in [9.17, 15) is 19.1 Å². The molecule has 2 fully saturated rings. The Bertz CT molecular complexity index is 889. The van der Waals surface area contributed by atoms with Crippen LogP contribution in [-0.4, -0.2) is 16.9 Å². The molecule has 0 bridgehead atoms. The topological polar surface area (TPSA) is 63.6 Å². The molecular formula is C23H23FO4. The average molecular weight is 382 g/mol. The van der Waals surface area contributed by atoms with Crippen LogP contribution in [0.4, 0.5) is 4.39 Å². The Morgan fingerprint density at radius 3 is 2.43 bits per heavy atom. The first-order valence-corrected chi connectivity index (χ1v) is 9.81. The fourth-order valence-electron chi connectivity index (χ4n) is 4.10. The van der Waals surface area contributed by atoms with E-state index in [1.807, 2.05) is 30.3 Å². The minimum atomic E-state index is -0.971. The summed E-state index contributed by atoms with van der Waals surface area (Å²) in [6.07, 6.45) is 3.63. The molecular weight excluding hydrogens is 359 g/mol. The number of ether oxygens (including phenoxy) is 1. The van der Waals surface area contributed by atoms with Crippen molar-refractivity contribution in [2.24, 2.45) is 11.8 Å². The van der Waals surface area contributed by atoms with E-state index in [-0.39, 0.29) is 17.3 Å². The average Bonchev–Trinajstić information content (AvgIpc) is 3.41. The molecule has 0 amide bonds. The lowest BCUT2D eigenvalue weighted by atomic mass is 9.87. The lowest BCUT2D eigenvalue weighted by Crippen LogP contribution is -2.26. The number of carboxylic acids is 1. The molecule has 0 radical (unpaired) electrons. The van der Waals surface area contributed by atoms with Crippen molar-refractivity contribution in [3.05, 3.63) is 65.0 Å². The number of hydrogen-bond donors (Lipinski definition) is 1. The van der Waals surface area contributed by atoms with Gasteiger partial charge < -0.3 is 9.84 Å². The standard InChI is InChI=1S/C23H23FO4/c24-20-12-21(28-13-14-5-2-1-3-6-14)18(15-9-10-15)11-19(20)22(25)16-7-4-8-17(16)23(26)27/h1-3,5-6,11-12,15-17H,4,7-10,13H2,(H,26,27)/t16-,17?/m1/s1. The van der Waals surface area contributed by atoms with Crippen molar-refractivity contribution >= 4 is 11.8 Å². The van der Waals surface area contributed by atoms with Crippen molar-refractivity contribution in [1.82, 2.24) is 0 Å². The largest absolute Gasteiger partial charge is 0.489 e. The van der Waals surface area contributed by atoms with Crippen molar-refractivity contribution in [3.8, 4) is 5.75 Å². The second-order valence-electron chi connectivity index (χ2n) is 7.76. The van der Waals surface area contributed by atoms with Crippen LogP contribution in [0.5, 0.6) is 5.75 Å². The SMILES string of the molecule is O=C(O)C1CCC[C@H]1C(=O)c1cc(C2CC2)c(OCc2ccccc2)cc1F. The van der Waals surface area contributed by atoms with Gasteiger partial charge in [-0.15, -0.1) is 0 Å². The predicted molar refractivity (Wildman–Crippen MR) is 102 cm³/mol. The summed E-state index contributed by atoms with van der Waals surface area (Å²) in [5.74, 6) is -2.60. The van der Waals surface area contributed by atoms with Gasteiger partial charge in [-0.05, 0) is 48.8 Å². The number of benzene rings is 2. The van der Waals surface area contributed by atoms with E-state index in [0.717, 1.165) is 24.0 Å². The van der Waals surface area contributed by atoms with Crippen LogP contribution >= 0.6 is 0 Å². The smallest absolute Gasteiger partial charge is 0.307 e. The summed E-state index contributed by atoms with van der Waals surface area (Å²) in [4.78, 5) is 24.4. The summed E-state index contributed by atoms with van der Waals surface area (Å²) in [7, 11) is 0. The Morgan fingerprint density at radius 2 is 1.75 bits per heavy atom. The Hall–Kier alpha value is -2.69. The van der Waals surface area contributed by atoms with Gasteiger partial charge in [-0.1, -0.05) is 36.8 Å². The summed E-state index contributed by atoms with van der Waals surface area (Å²) in [6, 6.07) is 12.6. The fourth-order valence-corrected chi connectivity index (χ4v) is 4.10. The van der Waals surface area contributed by atoms with Crippen molar-refractivity contribution < 1.29 is 23.8 Å². The Kier molecular flexibility index (Phi) is 5.16. The maximum absolute atomic E-state index is 14.8. The molecule has 0 heterocycles. The molecule has 4 rings (SSSR count). The van der Waals surface area contributed by atoms with Crippen LogP contribution in [0.2, 0.25) is 0 Å². The van der Waals surface area contributed by atoms with E-state index in [0.29, 0.717) is 31.6 Å². The zero-order valence-corrected chi connectivity index (χ0v) is 15.6. The van der Waals surface area contributed by atoms with Gasteiger partial charge in [-0.3, -0.25) is 9.59 Å². The van der Waals surface area contributed by atoms with Crippen LogP contribution in [0.1, 0.15) is 59.5 Å². The lowest BCUT2D eigenvalue weighted by molar-refractivity contribution is -0.142. The zero-order chi connectivity index (χ0) is 19.7. The number of hydrogen-bond acceptors (Lipinski definition) is 3. The quantitative estimate of drug-likeness (QED) is 0.687. The highest BCUT2D eigenvalue weighted by Crippen LogP contribution is 2.46. The number of carbonyl (C=O) groups is 2. The lowest BCUT2D eigenvalue weighted by Gasteiger charge is -2.17. The van der Waals surface area contributed by atoms with Gasteiger partial charge in [0.1, 0.15) is 18.2 Å². The second-order valence-corrected chi connectivity index (χ2v) is 7.76. The van der Waals surface area contributed by atoms with Gasteiger partial charge in [0.2, 0.25) is 0 Å². The summed E-state index contributed by atoms with van der Waals surface area (Å²) < 4.78 is 20.7. The van der Waals surface area contributed by atoms with Crippen LogP contribution in [0.3, 0.4) is 0 Å². The van der Waals surface area contributed by atoms with Crippen LogP contribution < -0.4 is 4.74 Å². The van der Waals surface area contributed by atoms with Crippen molar-refractivity contribution in [2.75, 3.05) is 0 Å². The molecule has 2 saturated carbocycles. The highest BCUT2D eigenvalue weighted by molar-refractivity contribution is 6.00. The van der Waals surface area contributed by atoms with Gasteiger partial charge in [0, 0.05) is 12.0 Å². The molecule has 0 saturated heterocycles. The molecule has 1 unspecified atom stereocenters. The number of aliphatic carboxylic acids is 1. The molecule has 28 heavy (non-hydrogen) atoms. The molecule has 2 aromatic carbocycles. The fraction of sp³-hybridized carbons (Fsp3) is 0.391. The normalized spacial score (nSPS) is 21.5. The van der Waals surface area contributed by atoms with Crippen molar-refractivity contribution in [1.29, 1.82) is 0 Å². The molecule has 146 valence electrons. The Morgan fingerprint density at radius 1 is 1.04 bits per heavy atom. The van der Waals surface area contributed by atoms with Gasteiger partial charge in [-0.25, -0.2) is 4.39 Å². The third kappa shape index (κ3) is 3.79. The summed E-state index contributed by atoms with van der Waals surface area (Å²) in [5, 5.41) is 9.36. The maximum atomic E-state index is 14.8. The Balaban J connectivity index is 1.60. The van der Waals surface area contributed by atoms with Crippen LogP contribution in [-0.2, 0) is 11.4 Å². The summed E-state index contributed by atoms with van der Waals surface area (Å²) in [6.45, 7) is 0.330. The third-order valence-corrected chi connectivity index (χ3v) is 5.79. The first-order valence-electron chi connectivity index (χ1n) is 9.81. The molecule has 0 aromatic heterocycles. The van der Waals surface area contributed by atoms with E-state index in [1.54, 1.807) is 6.07 Å². The van der Waals surface area contributed by atoms with E-state index < -0.39 is 23.6 Å². The van der Waals surface area contributed by atoms with Crippen LogP contribution in [0.25, 0.3) is 0 Å². The van der Waals surface area contributed by atoms with Crippen LogP contribution in [0.15, 0.2) is 42.5 Å². The van der Waals surface area contributed by atoms with Crippen molar-refractivity contribution in [2.45, 2.75) is 44.6 Å². The van der Waals surface area contributed by atoms with E-state index in [1.165, 1.54) is 6.07 Å². The number of carboxylic acid groups (broad SMARTS) is 1. The minimum absolute atomic E-state index is 0.00658. The highest BCUT2D eigenvalue weighted by atomic mass is 19.1. The van der Waals surface area contributed by atoms with Gasteiger partial charge in [0.25, 0.3) is 0 Å². The summed E-state index contributed by atoms with van der Waals surface area (Å²) >= 11 is 0.